The van der Waals surface area contributed by atoms with E-state index in [1.54, 1.807) is 36.4 Å². The van der Waals surface area contributed by atoms with Crippen molar-refractivity contribution in [2.24, 2.45) is 5.10 Å². The number of thioether (sulfide) groups is 1. The summed E-state index contributed by atoms with van der Waals surface area (Å²) in [6, 6.07) is 15.5. The van der Waals surface area contributed by atoms with E-state index in [1.807, 2.05) is 25.1 Å². The van der Waals surface area contributed by atoms with E-state index in [0.29, 0.717) is 5.04 Å². The molecule has 3 aromatic rings. The van der Waals surface area contributed by atoms with Gasteiger partial charge in [-0.3, -0.25) is 0 Å². The molecule has 25 heavy (non-hydrogen) atoms. The van der Waals surface area contributed by atoms with Crippen LogP contribution in [0, 0.1) is 6.92 Å². The van der Waals surface area contributed by atoms with Crippen molar-refractivity contribution in [2.45, 2.75) is 16.7 Å². The van der Waals surface area contributed by atoms with Crippen molar-refractivity contribution >= 4 is 37.6 Å². The minimum Gasteiger partial charge on any atom is -0.507 e. The summed E-state index contributed by atoms with van der Waals surface area (Å²) in [5.41, 5.74) is 1.79. The molecule has 126 valence electrons. The highest BCUT2D eigenvalue weighted by Gasteiger charge is 2.23. The van der Waals surface area contributed by atoms with Crippen molar-refractivity contribution in [2.75, 3.05) is 0 Å². The van der Waals surface area contributed by atoms with Crippen molar-refractivity contribution in [3.8, 4) is 5.75 Å². The van der Waals surface area contributed by atoms with Crippen molar-refractivity contribution in [3.63, 3.8) is 0 Å². The largest absolute Gasteiger partial charge is 0.507 e. The first kappa shape index (κ1) is 16.0. The van der Waals surface area contributed by atoms with Crippen molar-refractivity contribution in [3.05, 3.63) is 65.7 Å². The van der Waals surface area contributed by atoms with E-state index in [2.05, 4.69) is 9.93 Å². The molecule has 0 fully saturated rings. The Labute approximate surface area is 149 Å². The molecule has 3 aromatic carbocycles. The summed E-state index contributed by atoms with van der Waals surface area (Å²) < 4.78 is 24.8. The Morgan fingerprint density at radius 3 is 2.56 bits per heavy atom. The number of nitrogens with zero attached hydrogens (tertiary/aromatic N) is 1. The third kappa shape index (κ3) is 2.75. The van der Waals surface area contributed by atoms with Crippen LogP contribution < -0.4 is 4.83 Å². The molecule has 0 amide bonds. The fourth-order valence-corrected chi connectivity index (χ4v) is 4.65. The maximum atomic E-state index is 12.4. The lowest BCUT2D eigenvalue weighted by Crippen LogP contribution is -2.19. The van der Waals surface area contributed by atoms with Gasteiger partial charge in [-0.05, 0) is 37.3 Å². The van der Waals surface area contributed by atoms with E-state index in [1.165, 1.54) is 11.8 Å². The van der Waals surface area contributed by atoms with Crippen LogP contribution in [0.25, 0.3) is 10.8 Å². The van der Waals surface area contributed by atoms with E-state index in [-0.39, 0.29) is 10.6 Å². The van der Waals surface area contributed by atoms with Crippen LogP contribution in [0.4, 0.5) is 0 Å². The van der Waals surface area contributed by atoms with Gasteiger partial charge in [-0.15, -0.1) is 0 Å². The van der Waals surface area contributed by atoms with Gasteiger partial charge in [-0.1, -0.05) is 41.6 Å². The number of hydrogen-bond donors (Lipinski definition) is 2. The standard InChI is InChI=1S/C18H14N2O3S2/c1-11-5-7-12(8-6-11)25(22,23)20-19-18-14-9-10-15(21)13-3-2-4-16(24-18)17(13)14/h2-10,20-21H,1H3. The summed E-state index contributed by atoms with van der Waals surface area (Å²) in [6.07, 6.45) is 0. The van der Waals surface area contributed by atoms with Crippen molar-refractivity contribution in [1.82, 2.24) is 4.83 Å². The maximum absolute atomic E-state index is 12.4. The minimum atomic E-state index is -3.73. The predicted octanol–water partition coefficient (Wildman–Crippen LogP) is 3.60. The smallest absolute Gasteiger partial charge is 0.276 e. The van der Waals surface area contributed by atoms with E-state index in [0.717, 1.165) is 26.8 Å². The highest BCUT2D eigenvalue weighted by atomic mass is 32.2. The molecule has 0 atom stereocenters. The minimum absolute atomic E-state index is 0.166. The third-order valence-electron chi connectivity index (χ3n) is 4.02. The summed E-state index contributed by atoms with van der Waals surface area (Å²) in [6.45, 7) is 1.90. The molecular weight excluding hydrogens is 356 g/mol. The lowest BCUT2D eigenvalue weighted by atomic mass is 10.0. The summed E-state index contributed by atoms with van der Waals surface area (Å²) in [4.78, 5) is 3.41. The molecule has 2 N–H and O–H groups in total. The van der Waals surface area contributed by atoms with Crippen LogP contribution in [0.5, 0.6) is 5.75 Å². The van der Waals surface area contributed by atoms with E-state index < -0.39 is 10.0 Å². The first-order valence-electron chi connectivity index (χ1n) is 7.55. The lowest BCUT2D eigenvalue weighted by Gasteiger charge is -2.05. The molecule has 0 unspecified atom stereocenters. The van der Waals surface area contributed by atoms with E-state index in [9.17, 15) is 13.5 Å². The molecule has 0 saturated carbocycles. The van der Waals surface area contributed by atoms with Gasteiger partial charge in [0.25, 0.3) is 10.0 Å². The van der Waals surface area contributed by atoms with E-state index >= 15 is 0 Å². The van der Waals surface area contributed by atoms with Crippen LogP contribution in [-0.2, 0) is 10.0 Å². The molecule has 0 radical (unpaired) electrons. The first-order chi connectivity index (χ1) is 12.0. The Morgan fingerprint density at radius 2 is 1.80 bits per heavy atom. The van der Waals surface area contributed by atoms with Crippen LogP contribution in [0.1, 0.15) is 11.1 Å². The number of aromatic hydroxyl groups is 1. The summed E-state index contributed by atoms with van der Waals surface area (Å²) in [5, 5.41) is 16.3. The lowest BCUT2D eigenvalue weighted by molar-refractivity contribution is 0.481. The second kappa shape index (κ2) is 5.79. The maximum Gasteiger partial charge on any atom is 0.276 e. The first-order valence-corrected chi connectivity index (χ1v) is 9.85. The Hall–Kier alpha value is -2.51. The molecule has 0 bridgehead atoms. The van der Waals surface area contributed by atoms with Crippen LogP contribution in [-0.4, -0.2) is 18.6 Å². The Morgan fingerprint density at radius 1 is 1.04 bits per heavy atom. The van der Waals surface area contributed by atoms with Gasteiger partial charge >= 0.3 is 0 Å². The van der Waals surface area contributed by atoms with Gasteiger partial charge in [-0.2, -0.15) is 18.4 Å². The summed E-state index contributed by atoms with van der Waals surface area (Å²) >= 11 is 1.37. The summed E-state index contributed by atoms with van der Waals surface area (Å²) in [5.74, 6) is 0.197. The fourth-order valence-electron chi connectivity index (χ4n) is 2.73. The number of nitrogens with one attached hydrogen (secondary N) is 1. The van der Waals surface area contributed by atoms with E-state index in [4.69, 9.17) is 0 Å². The number of benzene rings is 3. The van der Waals surface area contributed by atoms with Gasteiger partial charge in [0.05, 0.1) is 4.90 Å². The molecule has 7 heteroatoms. The SMILES string of the molecule is Cc1ccc(S(=O)(=O)NN=C2Sc3cccc4c(O)ccc2c34)cc1. The van der Waals surface area contributed by atoms with Crippen LogP contribution in [0.3, 0.4) is 0 Å². The monoisotopic (exact) mass is 370 g/mol. The van der Waals surface area contributed by atoms with Gasteiger partial charge in [0.2, 0.25) is 0 Å². The Kier molecular flexibility index (Phi) is 3.70. The zero-order valence-corrected chi connectivity index (χ0v) is 14.9. The number of phenols is 1. The number of hydrazone groups is 1. The second-order valence-corrected chi connectivity index (χ2v) is 8.43. The quantitative estimate of drug-likeness (QED) is 0.691. The molecule has 1 aliphatic rings. The van der Waals surface area contributed by atoms with Crippen LogP contribution in [0.15, 0.2) is 69.5 Å². The molecule has 1 heterocycles. The van der Waals surface area contributed by atoms with Gasteiger partial charge in [-0.25, -0.2) is 0 Å². The second-order valence-electron chi connectivity index (χ2n) is 5.74. The number of phenolic OH excluding ortho intramolecular Hbond substituents is 1. The Balaban J connectivity index is 1.71. The van der Waals surface area contributed by atoms with Gasteiger partial charge in [0, 0.05) is 21.2 Å². The Bertz CT molecular complexity index is 1120. The van der Waals surface area contributed by atoms with Crippen LogP contribution in [0.2, 0.25) is 0 Å². The zero-order valence-electron chi connectivity index (χ0n) is 13.2. The number of rotatable bonds is 3. The molecule has 1 aliphatic heterocycles. The molecule has 4 rings (SSSR count). The average Bonchev–Trinajstić information content (AvgIpc) is 2.96. The van der Waals surface area contributed by atoms with Gasteiger partial charge < -0.3 is 5.11 Å². The molecule has 5 nitrogen and oxygen atoms in total. The molecule has 0 saturated heterocycles. The third-order valence-corrected chi connectivity index (χ3v) is 6.30. The average molecular weight is 370 g/mol. The highest BCUT2D eigenvalue weighted by molar-refractivity contribution is 8.15. The molecule has 0 aromatic heterocycles. The number of hydrogen-bond acceptors (Lipinski definition) is 5. The van der Waals surface area contributed by atoms with Crippen LogP contribution >= 0.6 is 11.8 Å². The topological polar surface area (TPSA) is 78.8 Å². The van der Waals surface area contributed by atoms with Gasteiger partial charge in [0.1, 0.15) is 10.8 Å². The summed E-state index contributed by atoms with van der Waals surface area (Å²) in [7, 11) is -3.73. The van der Waals surface area contributed by atoms with Crippen molar-refractivity contribution < 1.29 is 13.5 Å². The normalized spacial score (nSPS) is 15.0. The predicted molar refractivity (Wildman–Crippen MR) is 99.5 cm³/mol. The number of sulfonamides is 1. The zero-order chi connectivity index (χ0) is 17.6. The highest BCUT2D eigenvalue weighted by Crippen LogP contribution is 2.43. The number of aryl methyl sites for hydroxylation is 1. The molecule has 0 aliphatic carbocycles. The van der Waals surface area contributed by atoms with Crippen molar-refractivity contribution in [1.29, 1.82) is 0 Å². The molecular formula is C18H14N2O3S2. The fraction of sp³-hybridized carbons (Fsp3) is 0.0556. The molecule has 0 spiro atoms. The van der Waals surface area contributed by atoms with Gasteiger partial charge in [0.15, 0.2) is 0 Å².